The van der Waals surface area contributed by atoms with Gasteiger partial charge in [-0.05, 0) is 6.92 Å². The minimum atomic E-state index is -4.66. The zero-order valence-electron chi connectivity index (χ0n) is 9.95. The number of hydrogen-bond acceptors (Lipinski definition) is 3. The van der Waals surface area contributed by atoms with Crippen LogP contribution in [0.4, 0.5) is 18.0 Å². The molecule has 0 aromatic heterocycles. The molecule has 0 fully saturated rings. The molecule has 0 rings (SSSR count). The monoisotopic (exact) mass is 272 g/mol. The van der Waals surface area contributed by atoms with E-state index in [1.807, 2.05) is 0 Å². The number of rotatable bonds is 6. The van der Waals surface area contributed by atoms with Crippen LogP contribution in [0.15, 0.2) is 0 Å². The largest absolute Gasteiger partial charge is 0.480 e. The van der Waals surface area contributed by atoms with E-state index in [-0.39, 0.29) is 11.5 Å². The molecule has 106 valence electrons. The van der Waals surface area contributed by atoms with Gasteiger partial charge in [-0.1, -0.05) is 0 Å². The molecule has 0 radical (unpaired) electrons. The van der Waals surface area contributed by atoms with Crippen molar-refractivity contribution in [1.82, 2.24) is 10.2 Å². The van der Waals surface area contributed by atoms with Crippen LogP contribution in [-0.2, 0) is 9.53 Å². The first-order chi connectivity index (χ1) is 8.15. The molecule has 0 aromatic carbocycles. The van der Waals surface area contributed by atoms with Crippen LogP contribution in [0, 0.1) is 0 Å². The molecule has 0 spiro atoms. The summed E-state index contributed by atoms with van der Waals surface area (Å²) in [6.07, 6.45) is -4.66. The van der Waals surface area contributed by atoms with Gasteiger partial charge in [-0.2, -0.15) is 13.2 Å². The van der Waals surface area contributed by atoms with Crippen molar-refractivity contribution in [2.75, 3.05) is 26.8 Å². The molecular weight excluding hydrogens is 257 g/mol. The fourth-order valence-electron chi connectivity index (χ4n) is 1.17. The van der Waals surface area contributed by atoms with Gasteiger partial charge in [-0.3, -0.25) is 4.79 Å². The fraction of sp³-hybridized carbons (Fsp3) is 0.778. The number of carbonyl (C=O) groups is 2. The number of nitrogens with one attached hydrogen (secondary N) is 1. The lowest BCUT2D eigenvalue weighted by Gasteiger charge is -2.24. The second-order valence-electron chi connectivity index (χ2n) is 3.67. The maximum absolute atomic E-state index is 12.2. The van der Waals surface area contributed by atoms with E-state index in [9.17, 15) is 22.8 Å². The van der Waals surface area contributed by atoms with Crippen molar-refractivity contribution in [3.05, 3.63) is 0 Å². The highest BCUT2D eigenvalue weighted by atomic mass is 19.4. The third kappa shape index (κ3) is 7.71. The van der Waals surface area contributed by atoms with Gasteiger partial charge in [0, 0.05) is 7.11 Å². The van der Waals surface area contributed by atoms with Crippen molar-refractivity contribution < 1.29 is 32.6 Å². The van der Waals surface area contributed by atoms with Gasteiger partial charge in [0.05, 0.1) is 12.6 Å². The third-order valence-corrected chi connectivity index (χ3v) is 1.77. The zero-order valence-corrected chi connectivity index (χ0v) is 9.95. The Labute approximate surface area is 102 Å². The van der Waals surface area contributed by atoms with Gasteiger partial charge < -0.3 is 20.1 Å². The Morgan fingerprint density at radius 3 is 2.39 bits per heavy atom. The maximum atomic E-state index is 12.2. The number of carboxylic acid groups (broad SMARTS) is 1. The number of alkyl halides is 3. The average Bonchev–Trinajstić information content (AvgIpc) is 2.13. The summed E-state index contributed by atoms with van der Waals surface area (Å²) in [6, 6.07) is -1.62. The average molecular weight is 272 g/mol. The Kier molecular flexibility index (Phi) is 6.45. The van der Waals surface area contributed by atoms with Gasteiger partial charge in [0.2, 0.25) is 0 Å². The highest BCUT2D eigenvalue weighted by Gasteiger charge is 2.34. The standard InChI is InChI=1S/C9H15F3N2O4/c1-6(4-18-2)13-8(17)14(3-7(15)16)5-9(10,11)12/h6H,3-5H2,1-2H3,(H,13,17)(H,15,16). The first-order valence-electron chi connectivity index (χ1n) is 4.98. The minimum Gasteiger partial charge on any atom is -0.480 e. The summed E-state index contributed by atoms with van der Waals surface area (Å²) < 4.78 is 41.2. The lowest BCUT2D eigenvalue weighted by molar-refractivity contribution is -0.149. The Bertz CT molecular complexity index is 296. The summed E-state index contributed by atoms with van der Waals surface area (Å²) in [4.78, 5) is 22.0. The Balaban J connectivity index is 4.54. The predicted molar refractivity (Wildman–Crippen MR) is 55.1 cm³/mol. The highest BCUT2D eigenvalue weighted by molar-refractivity contribution is 5.80. The van der Waals surface area contributed by atoms with Crippen molar-refractivity contribution in [2.24, 2.45) is 0 Å². The van der Waals surface area contributed by atoms with E-state index in [1.165, 1.54) is 14.0 Å². The minimum absolute atomic E-state index is 0.110. The molecule has 0 aliphatic carbocycles. The molecule has 9 heteroatoms. The Hall–Kier alpha value is -1.51. The number of ether oxygens (including phenoxy) is 1. The quantitative estimate of drug-likeness (QED) is 0.745. The number of aliphatic carboxylic acids is 1. The van der Waals surface area contributed by atoms with Gasteiger partial charge in [-0.25, -0.2) is 4.79 Å². The summed E-state index contributed by atoms with van der Waals surface area (Å²) in [6.45, 7) is -1.01. The van der Waals surface area contributed by atoms with Crippen LogP contribution < -0.4 is 5.32 Å². The smallest absolute Gasteiger partial charge is 0.406 e. The second-order valence-corrected chi connectivity index (χ2v) is 3.67. The zero-order chi connectivity index (χ0) is 14.3. The highest BCUT2D eigenvalue weighted by Crippen LogP contribution is 2.16. The molecule has 18 heavy (non-hydrogen) atoms. The van der Waals surface area contributed by atoms with Crippen LogP contribution in [0.5, 0.6) is 0 Å². The van der Waals surface area contributed by atoms with Crippen LogP contribution in [0.25, 0.3) is 0 Å². The Morgan fingerprint density at radius 1 is 1.44 bits per heavy atom. The van der Waals surface area contributed by atoms with Gasteiger partial charge in [0.25, 0.3) is 0 Å². The number of amides is 2. The van der Waals surface area contributed by atoms with Crippen LogP contribution >= 0.6 is 0 Å². The molecule has 0 aliphatic heterocycles. The van der Waals surface area contributed by atoms with Crippen LogP contribution in [0.2, 0.25) is 0 Å². The summed E-state index contributed by atoms with van der Waals surface area (Å²) in [5.41, 5.74) is 0. The summed E-state index contributed by atoms with van der Waals surface area (Å²) in [7, 11) is 1.37. The van der Waals surface area contributed by atoms with Crippen LogP contribution in [0.3, 0.4) is 0 Å². The van der Waals surface area contributed by atoms with Gasteiger partial charge >= 0.3 is 18.2 Å². The summed E-state index contributed by atoms with van der Waals surface area (Å²) in [5, 5.41) is 10.7. The van der Waals surface area contributed by atoms with E-state index in [4.69, 9.17) is 9.84 Å². The first kappa shape index (κ1) is 16.5. The number of halogens is 3. The van der Waals surface area contributed by atoms with Crippen molar-refractivity contribution >= 4 is 12.0 Å². The van der Waals surface area contributed by atoms with E-state index in [2.05, 4.69) is 5.32 Å². The number of carboxylic acids is 1. The van der Waals surface area contributed by atoms with E-state index < -0.39 is 37.3 Å². The Morgan fingerprint density at radius 2 is 2.00 bits per heavy atom. The lowest BCUT2D eigenvalue weighted by Crippen LogP contribution is -2.50. The number of hydrogen-bond donors (Lipinski definition) is 2. The van der Waals surface area contributed by atoms with Crippen molar-refractivity contribution in [1.29, 1.82) is 0 Å². The van der Waals surface area contributed by atoms with E-state index in [0.29, 0.717) is 0 Å². The van der Waals surface area contributed by atoms with Crippen LogP contribution in [-0.4, -0.2) is 61.0 Å². The normalized spacial score (nSPS) is 12.9. The molecule has 2 N–H and O–H groups in total. The second kappa shape index (κ2) is 7.04. The number of carbonyl (C=O) groups excluding carboxylic acids is 1. The van der Waals surface area contributed by atoms with Crippen molar-refractivity contribution in [3.8, 4) is 0 Å². The molecule has 0 heterocycles. The van der Waals surface area contributed by atoms with Crippen LogP contribution in [0.1, 0.15) is 6.92 Å². The van der Waals surface area contributed by atoms with E-state index in [1.54, 1.807) is 0 Å². The molecule has 0 bridgehead atoms. The molecule has 0 saturated carbocycles. The molecule has 1 unspecified atom stereocenters. The van der Waals surface area contributed by atoms with E-state index >= 15 is 0 Å². The predicted octanol–water partition coefficient (Wildman–Crippen LogP) is 0.680. The van der Waals surface area contributed by atoms with Gasteiger partial charge in [0.1, 0.15) is 13.1 Å². The molecule has 1 atom stereocenters. The van der Waals surface area contributed by atoms with Gasteiger partial charge in [0.15, 0.2) is 0 Å². The fourth-order valence-corrected chi connectivity index (χ4v) is 1.17. The number of methoxy groups -OCH3 is 1. The summed E-state index contributed by atoms with van der Waals surface area (Å²) >= 11 is 0. The third-order valence-electron chi connectivity index (χ3n) is 1.77. The number of nitrogens with zero attached hydrogens (tertiary/aromatic N) is 1. The number of urea groups is 1. The molecule has 6 nitrogen and oxygen atoms in total. The molecule has 0 saturated heterocycles. The lowest BCUT2D eigenvalue weighted by atomic mass is 10.3. The molecule has 0 aliphatic rings. The summed E-state index contributed by atoms with van der Waals surface area (Å²) in [5.74, 6) is -1.52. The van der Waals surface area contributed by atoms with Crippen molar-refractivity contribution in [2.45, 2.75) is 19.1 Å². The SMILES string of the molecule is COCC(C)NC(=O)N(CC(=O)O)CC(F)(F)F. The van der Waals surface area contributed by atoms with E-state index in [0.717, 1.165) is 0 Å². The first-order valence-corrected chi connectivity index (χ1v) is 4.98. The topological polar surface area (TPSA) is 78.9 Å². The van der Waals surface area contributed by atoms with Crippen molar-refractivity contribution in [3.63, 3.8) is 0 Å². The molecule has 0 aromatic rings. The van der Waals surface area contributed by atoms with Gasteiger partial charge in [-0.15, -0.1) is 0 Å². The molecule has 2 amide bonds. The maximum Gasteiger partial charge on any atom is 0.406 e. The molecular formula is C9H15F3N2O4.